The van der Waals surface area contributed by atoms with E-state index in [4.69, 9.17) is 9.47 Å². The fourth-order valence-corrected chi connectivity index (χ4v) is 4.09. The molecule has 0 aliphatic carbocycles. The quantitative estimate of drug-likeness (QED) is 0.552. The molecular formula is C16H26N4O4S. The molecule has 0 spiro atoms. The zero-order valence-electron chi connectivity index (χ0n) is 14.9. The number of ether oxygens (including phenoxy) is 2. The molecule has 1 aromatic carbocycles. The third-order valence-electron chi connectivity index (χ3n) is 3.81. The molecule has 0 radical (unpaired) electrons. The Labute approximate surface area is 149 Å². The smallest absolute Gasteiger partial charge is 0.214 e. The average Bonchev–Trinajstić information content (AvgIpc) is 2.93. The highest BCUT2D eigenvalue weighted by Crippen LogP contribution is 2.29. The van der Waals surface area contributed by atoms with E-state index in [9.17, 15) is 8.42 Å². The summed E-state index contributed by atoms with van der Waals surface area (Å²) in [6.45, 7) is 4.03. The van der Waals surface area contributed by atoms with Crippen LogP contribution in [0.15, 0.2) is 23.2 Å². The van der Waals surface area contributed by atoms with Gasteiger partial charge >= 0.3 is 0 Å². The number of sulfonamides is 1. The molecule has 2 rings (SSSR count). The number of benzene rings is 1. The van der Waals surface area contributed by atoms with Crippen molar-refractivity contribution in [3.63, 3.8) is 0 Å². The molecule has 0 saturated carbocycles. The van der Waals surface area contributed by atoms with Gasteiger partial charge in [-0.25, -0.2) is 12.7 Å². The van der Waals surface area contributed by atoms with E-state index in [1.807, 2.05) is 25.1 Å². The Morgan fingerprint density at radius 1 is 1.28 bits per heavy atom. The predicted octanol–water partition coefficient (Wildman–Crippen LogP) is 1.12. The summed E-state index contributed by atoms with van der Waals surface area (Å²) in [5.41, 5.74) is 0.797. The van der Waals surface area contributed by atoms with Gasteiger partial charge in [-0.1, -0.05) is 0 Å². The van der Waals surface area contributed by atoms with Gasteiger partial charge in [-0.05, 0) is 25.5 Å². The van der Waals surface area contributed by atoms with Crippen LogP contribution in [-0.4, -0.2) is 64.8 Å². The van der Waals surface area contributed by atoms with Crippen molar-refractivity contribution in [3.05, 3.63) is 18.2 Å². The molecule has 1 saturated heterocycles. The van der Waals surface area contributed by atoms with Crippen LogP contribution in [-0.2, 0) is 10.0 Å². The molecular weight excluding hydrogens is 344 g/mol. The third kappa shape index (κ3) is 5.23. The molecule has 0 atom stereocenters. The maximum atomic E-state index is 11.8. The van der Waals surface area contributed by atoms with Crippen LogP contribution in [0.3, 0.4) is 0 Å². The van der Waals surface area contributed by atoms with E-state index in [1.165, 1.54) is 4.31 Å². The summed E-state index contributed by atoms with van der Waals surface area (Å²) in [7, 11) is 0.0869. The Morgan fingerprint density at radius 2 is 2.04 bits per heavy atom. The number of guanidine groups is 1. The van der Waals surface area contributed by atoms with Crippen molar-refractivity contribution in [2.75, 3.05) is 51.5 Å². The molecule has 1 aliphatic heterocycles. The van der Waals surface area contributed by atoms with Gasteiger partial charge in [0, 0.05) is 31.4 Å². The number of rotatable bonds is 7. The van der Waals surface area contributed by atoms with Crippen molar-refractivity contribution < 1.29 is 17.9 Å². The number of hydrogen-bond donors (Lipinski definition) is 2. The highest BCUT2D eigenvalue weighted by Gasteiger charge is 2.27. The van der Waals surface area contributed by atoms with Gasteiger partial charge in [0.15, 0.2) is 17.5 Å². The van der Waals surface area contributed by atoms with Crippen LogP contribution >= 0.6 is 0 Å². The van der Waals surface area contributed by atoms with Crippen molar-refractivity contribution in [2.24, 2.45) is 4.99 Å². The standard InChI is InChI=1S/C16H26N4O4S/c1-4-17-16(18-8-10-20-9-5-11-25(20,21)22)19-13-6-7-14(23-2)15(12-13)24-3/h6-7,12H,4-5,8-11H2,1-3H3,(H2,17,18,19). The second-order valence-electron chi connectivity index (χ2n) is 5.52. The van der Waals surface area contributed by atoms with Gasteiger partial charge in [0.2, 0.25) is 10.0 Å². The normalized spacial score (nSPS) is 17.3. The van der Waals surface area contributed by atoms with E-state index in [0.29, 0.717) is 50.1 Å². The molecule has 0 bridgehead atoms. The fourth-order valence-electron chi connectivity index (χ4n) is 2.57. The molecule has 25 heavy (non-hydrogen) atoms. The zero-order valence-corrected chi connectivity index (χ0v) is 15.7. The minimum absolute atomic E-state index is 0.237. The number of hydrogen-bond acceptors (Lipinski definition) is 5. The van der Waals surface area contributed by atoms with Crippen molar-refractivity contribution >= 4 is 21.7 Å². The molecule has 0 unspecified atom stereocenters. The lowest BCUT2D eigenvalue weighted by Crippen LogP contribution is -2.33. The second kappa shape index (κ2) is 8.91. The van der Waals surface area contributed by atoms with Gasteiger partial charge in [-0.2, -0.15) is 0 Å². The summed E-state index contributed by atoms with van der Waals surface area (Å²) in [6.07, 6.45) is 0.690. The maximum absolute atomic E-state index is 11.8. The summed E-state index contributed by atoms with van der Waals surface area (Å²) < 4.78 is 35.6. The van der Waals surface area contributed by atoms with E-state index < -0.39 is 10.0 Å². The van der Waals surface area contributed by atoms with Gasteiger partial charge in [-0.3, -0.25) is 4.99 Å². The van der Waals surface area contributed by atoms with Gasteiger partial charge in [0.05, 0.1) is 26.5 Å². The molecule has 0 amide bonds. The Balaban J connectivity index is 2.02. The minimum atomic E-state index is -3.08. The number of methoxy groups -OCH3 is 2. The van der Waals surface area contributed by atoms with E-state index in [-0.39, 0.29) is 5.75 Å². The molecule has 0 aromatic heterocycles. The average molecular weight is 370 g/mol. The first-order valence-corrected chi connectivity index (χ1v) is 9.86. The van der Waals surface area contributed by atoms with Crippen LogP contribution in [0, 0.1) is 0 Å². The lowest BCUT2D eigenvalue weighted by molar-refractivity contribution is 0.355. The first-order valence-electron chi connectivity index (χ1n) is 8.25. The molecule has 1 aromatic rings. The molecule has 1 heterocycles. The monoisotopic (exact) mass is 370 g/mol. The summed E-state index contributed by atoms with van der Waals surface area (Å²) in [5.74, 6) is 2.09. The lowest BCUT2D eigenvalue weighted by Gasteiger charge is -2.15. The summed E-state index contributed by atoms with van der Waals surface area (Å²) in [5, 5.41) is 6.33. The van der Waals surface area contributed by atoms with E-state index in [2.05, 4.69) is 15.6 Å². The molecule has 140 valence electrons. The largest absolute Gasteiger partial charge is 0.493 e. The highest BCUT2D eigenvalue weighted by molar-refractivity contribution is 7.89. The Bertz CT molecular complexity index is 706. The molecule has 9 heteroatoms. The fraction of sp³-hybridized carbons (Fsp3) is 0.562. The zero-order chi connectivity index (χ0) is 18.3. The second-order valence-corrected chi connectivity index (χ2v) is 7.61. The van der Waals surface area contributed by atoms with Crippen molar-refractivity contribution in [1.29, 1.82) is 0 Å². The van der Waals surface area contributed by atoms with E-state index in [0.717, 1.165) is 5.69 Å². The first kappa shape index (κ1) is 19.3. The van der Waals surface area contributed by atoms with Gasteiger partial charge in [-0.15, -0.1) is 0 Å². The molecule has 8 nitrogen and oxygen atoms in total. The van der Waals surface area contributed by atoms with Gasteiger partial charge in [0.25, 0.3) is 0 Å². The van der Waals surface area contributed by atoms with E-state index in [1.54, 1.807) is 14.2 Å². The van der Waals surface area contributed by atoms with Gasteiger partial charge < -0.3 is 20.1 Å². The molecule has 1 aliphatic rings. The first-order chi connectivity index (χ1) is 12.0. The Hall–Kier alpha value is -2.00. The molecule has 1 fully saturated rings. The van der Waals surface area contributed by atoms with Crippen molar-refractivity contribution in [1.82, 2.24) is 9.62 Å². The minimum Gasteiger partial charge on any atom is -0.493 e. The predicted molar refractivity (Wildman–Crippen MR) is 99.1 cm³/mol. The Morgan fingerprint density at radius 3 is 2.64 bits per heavy atom. The van der Waals surface area contributed by atoms with Crippen LogP contribution in [0.25, 0.3) is 0 Å². The molecule has 2 N–H and O–H groups in total. The summed E-state index contributed by atoms with van der Waals surface area (Å²) >= 11 is 0. The SMILES string of the molecule is CCNC(=NCCN1CCCS1(=O)=O)Nc1ccc(OC)c(OC)c1. The van der Waals surface area contributed by atoms with Gasteiger partial charge in [0.1, 0.15) is 0 Å². The van der Waals surface area contributed by atoms with E-state index >= 15 is 0 Å². The van der Waals surface area contributed by atoms with Crippen LogP contribution in [0.2, 0.25) is 0 Å². The van der Waals surface area contributed by atoms with Crippen LogP contribution < -0.4 is 20.1 Å². The maximum Gasteiger partial charge on any atom is 0.214 e. The number of anilines is 1. The van der Waals surface area contributed by atoms with Crippen LogP contribution in [0.5, 0.6) is 11.5 Å². The number of nitrogens with one attached hydrogen (secondary N) is 2. The lowest BCUT2D eigenvalue weighted by atomic mass is 10.3. The third-order valence-corrected chi connectivity index (χ3v) is 5.77. The van der Waals surface area contributed by atoms with Crippen LogP contribution in [0.1, 0.15) is 13.3 Å². The number of aliphatic imine (C=N–C) groups is 1. The van der Waals surface area contributed by atoms with Crippen LogP contribution in [0.4, 0.5) is 5.69 Å². The van der Waals surface area contributed by atoms with Crippen molar-refractivity contribution in [3.8, 4) is 11.5 Å². The topological polar surface area (TPSA) is 92.3 Å². The highest BCUT2D eigenvalue weighted by atomic mass is 32.2. The summed E-state index contributed by atoms with van der Waals surface area (Å²) in [6, 6.07) is 5.48. The van der Waals surface area contributed by atoms with Crippen molar-refractivity contribution in [2.45, 2.75) is 13.3 Å². The Kier molecular flexibility index (Phi) is 6.89. The number of nitrogens with zero attached hydrogens (tertiary/aromatic N) is 2. The summed E-state index contributed by atoms with van der Waals surface area (Å²) in [4.78, 5) is 4.45.